The Labute approximate surface area is 139 Å². The lowest BCUT2D eigenvalue weighted by atomic mass is 10.0. The third-order valence-corrected chi connectivity index (χ3v) is 4.33. The molecular formula is C17H28ClN3O. The third-order valence-electron chi connectivity index (χ3n) is 4.33. The molecule has 1 aliphatic heterocycles. The monoisotopic (exact) mass is 325 g/mol. The second-order valence-electron chi connectivity index (χ2n) is 6.30. The molecule has 1 atom stereocenters. The second kappa shape index (κ2) is 8.51. The van der Waals surface area contributed by atoms with E-state index in [2.05, 4.69) is 24.1 Å². The van der Waals surface area contributed by atoms with E-state index < -0.39 is 6.04 Å². The molecule has 0 aliphatic carbocycles. The summed E-state index contributed by atoms with van der Waals surface area (Å²) in [6.45, 7) is 8.54. The molecule has 1 aliphatic rings. The minimum absolute atomic E-state index is 0. The number of aryl methyl sites for hydroxylation is 1. The molecule has 1 aromatic carbocycles. The quantitative estimate of drug-likeness (QED) is 0.893. The molecule has 22 heavy (non-hydrogen) atoms. The minimum Gasteiger partial charge on any atom is -0.352 e. The standard InChI is InChI=1S/C17H27N3O.ClH/c1-12(2)20-10-8-15(9-11-20)19-17(21)16(18)14-6-4-13(3)5-7-14;/h4-7,12,15-16H,8-11,18H2,1-3H3,(H,19,21);1H. The van der Waals surface area contributed by atoms with Crippen molar-refractivity contribution < 1.29 is 4.79 Å². The second-order valence-corrected chi connectivity index (χ2v) is 6.30. The topological polar surface area (TPSA) is 58.4 Å². The molecule has 0 bridgehead atoms. The lowest BCUT2D eigenvalue weighted by molar-refractivity contribution is -0.123. The van der Waals surface area contributed by atoms with Crippen LogP contribution in [0.2, 0.25) is 0 Å². The zero-order valence-electron chi connectivity index (χ0n) is 13.7. The molecule has 1 heterocycles. The van der Waals surface area contributed by atoms with Gasteiger partial charge in [-0.15, -0.1) is 12.4 Å². The average Bonchev–Trinajstić information content (AvgIpc) is 2.47. The first-order chi connectivity index (χ1) is 9.97. The maximum Gasteiger partial charge on any atom is 0.241 e. The molecule has 1 unspecified atom stereocenters. The fourth-order valence-corrected chi connectivity index (χ4v) is 2.78. The first-order valence-electron chi connectivity index (χ1n) is 7.84. The number of nitrogens with one attached hydrogen (secondary N) is 1. The number of likely N-dealkylation sites (tertiary alicyclic amines) is 1. The van der Waals surface area contributed by atoms with E-state index in [1.54, 1.807) is 0 Å². The van der Waals surface area contributed by atoms with E-state index in [0.29, 0.717) is 6.04 Å². The van der Waals surface area contributed by atoms with Gasteiger partial charge in [-0.05, 0) is 39.2 Å². The average molecular weight is 326 g/mol. The number of amides is 1. The highest BCUT2D eigenvalue weighted by molar-refractivity contribution is 5.85. The number of carbonyl (C=O) groups is 1. The molecule has 1 amide bonds. The van der Waals surface area contributed by atoms with Crippen molar-refractivity contribution in [1.29, 1.82) is 0 Å². The third kappa shape index (κ3) is 4.97. The Morgan fingerprint density at radius 1 is 1.23 bits per heavy atom. The Balaban J connectivity index is 0.00000242. The van der Waals surface area contributed by atoms with Crippen LogP contribution in [-0.4, -0.2) is 36.0 Å². The van der Waals surface area contributed by atoms with Crippen LogP contribution in [0.25, 0.3) is 0 Å². The Kier molecular flexibility index (Phi) is 7.33. The van der Waals surface area contributed by atoms with Crippen LogP contribution in [0.4, 0.5) is 0 Å². The SMILES string of the molecule is Cc1ccc(C(N)C(=O)NC2CCN(C(C)C)CC2)cc1.Cl. The van der Waals surface area contributed by atoms with Gasteiger partial charge in [0.15, 0.2) is 0 Å². The summed E-state index contributed by atoms with van der Waals surface area (Å²) >= 11 is 0. The summed E-state index contributed by atoms with van der Waals surface area (Å²) in [5.41, 5.74) is 8.11. The molecule has 0 aromatic heterocycles. The van der Waals surface area contributed by atoms with Gasteiger partial charge in [-0.25, -0.2) is 0 Å². The van der Waals surface area contributed by atoms with Gasteiger partial charge in [0, 0.05) is 25.2 Å². The van der Waals surface area contributed by atoms with Crippen LogP contribution < -0.4 is 11.1 Å². The van der Waals surface area contributed by atoms with Crippen molar-refractivity contribution in [2.75, 3.05) is 13.1 Å². The van der Waals surface area contributed by atoms with Gasteiger partial charge in [0.2, 0.25) is 5.91 Å². The molecule has 0 spiro atoms. The van der Waals surface area contributed by atoms with Gasteiger partial charge < -0.3 is 16.0 Å². The van der Waals surface area contributed by atoms with Crippen LogP contribution >= 0.6 is 12.4 Å². The highest BCUT2D eigenvalue weighted by Crippen LogP contribution is 2.15. The molecule has 3 N–H and O–H groups in total. The fraction of sp³-hybridized carbons (Fsp3) is 0.588. The Bertz CT molecular complexity index is 467. The molecule has 5 heteroatoms. The van der Waals surface area contributed by atoms with Crippen LogP contribution in [0.1, 0.15) is 43.9 Å². The molecular weight excluding hydrogens is 298 g/mol. The van der Waals surface area contributed by atoms with Crippen molar-refractivity contribution in [2.24, 2.45) is 5.73 Å². The van der Waals surface area contributed by atoms with Crippen LogP contribution in [-0.2, 0) is 4.79 Å². The lowest BCUT2D eigenvalue weighted by Crippen LogP contribution is -2.48. The van der Waals surface area contributed by atoms with E-state index in [1.807, 2.05) is 31.2 Å². The van der Waals surface area contributed by atoms with E-state index in [9.17, 15) is 4.79 Å². The molecule has 1 saturated heterocycles. The van der Waals surface area contributed by atoms with Gasteiger partial charge >= 0.3 is 0 Å². The van der Waals surface area contributed by atoms with Crippen LogP contribution in [0.3, 0.4) is 0 Å². The van der Waals surface area contributed by atoms with Gasteiger partial charge in [0.25, 0.3) is 0 Å². The molecule has 0 radical (unpaired) electrons. The van der Waals surface area contributed by atoms with Crippen molar-refractivity contribution in [1.82, 2.24) is 10.2 Å². The van der Waals surface area contributed by atoms with Crippen molar-refractivity contribution in [3.05, 3.63) is 35.4 Å². The van der Waals surface area contributed by atoms with Crippen molar-refractivity contribution in [3.8, 4) is 0 Å². The number of nitrogens with two attached hydrogens (primary N) is 1. The summed E-state index contributed by atoms with van der Waals surface area (Å²) in [4.78, 5) is 14.7. The lowest BCUT2D eigenvalue weighted by Gasteiger charge is -2.35. The maximum atomic E-state index is 12.3. The number of rotatable bonds is 4. The van der Waals surface area contributed by atoms with Gasteiger partial charge in [-0.1, -0.05) is 29.8 Å². The van der Waals surface area contributed by atoms with Crippen LogP contribution in [0, 0.1) is 6.92 Å². The maximum absolute atomic E-state index is 12.3. The number of piperidine rings is 1. The molecule has 1 aromatic rings. The highest BCUT2D eigenvalue weighted by Gasteiger charge is 2.24. The van der Waals surface area contributed by atoms with Gasteiger partial charge in [-0.2, -0.15) is 0 Å². The van der Waals surface area contributed by atoms with Crippen LogP contribution in [0.15, 0.2) is 24.3 Å². The number of benzene rings is 1. The summed E-state index contributed by atoms with van der Waals surface area (Å²) in [5, 5.41) is 3.10. The van der Waals surface area contributed by atoms with Gasteiger partial charge in [0.05, 0.1) is 0 Å². The summed E-state index contributed by atoms with van der Waals surface area (Å²) in [5.74, 6) is -0.0677. The number of nitrogens with zero attached hydrogens (tertiary/aromatic N) is 1. The predicted molar refractivity (Wildman–Crippen MR) is 93.2 cm³/mol. The van der Waals surface area contributed by atoms with Crippen LogP contribution in [0.5, 0.6) is 0 Å². The summed E-state index contributed by atoms with van der Waals surface area (Å²) < 4.78 is 0. The molecule has 1 fully saturated rings. The van der Waals surface area contributed by atoms with E-state index >= 15 is 0 Å². The summed E-state index contributed by atoms with van der Waals surface area (Å²) in [6.07, 6.45) is 2.01. The molecule has 2 rings (SSSR count). The fourth-order valence-electron chi connectivity index (χ4n) is 2.78. The first kappa shape index (κ1) is 18.9. The zero-order chi connectivity index (χ0) is 15.4. The van der Waals surface area contributed by atoms with Gasteiger partial charge in [-0.3, -0.25) is 4.79 Å². The van der Waals surface area contributed by atoms with E-state index in [0.717, 1.165) is 31.5 Å². The highest BCUT2D eigenvalue weighted by atomic mass is 35.5. The van der Waals surface area contributed by atoms with E-state index in [-0.39, 0.29) is 24.4 Å². The molecule has 0 saturated carbocycles. The summed E-state index contributed by atoms with van der Waals surface area (Å²) in [7, 11) is 0. The van der Waals surface area contributed by atoms with Gasteiger partial charge in [0.1, 0.15) is 6.04 Å². The van der Waals surface area contributed by atoms with Crippen molar-refractivity contribution in [2.45, 2.75) is 51.7 Å². The number of carbonyl (C=O) groups excluding carboxylic acids is 1. The molecule has 124 valence electrons. The number of hydrogen-bond acceptors (Lipinski definition) is 3. The Hall–Kier alpha value is -1.10. The minimum atomic E-state index is -0.575. The Morgan fingerprint density at radius 3 is 2.27 bits per heavy atom. The summed E-state index contributed by atoms with van der Waals surface area (Å²) in [6, 6.07) is 8.10. The normalized spacial score (nSPS) is 17.9. The number of hydrogen-bond donors (Lipinski definition) is 2. The smallest absolute Gasteiger partial charge is 0.241 e. The zero-order valence-corrected chi connectivity index (χ0v) is 14.5. The van der Waals surface area contributed by atoms with E-state index in [1.165, 1.54) is 5.56 Å². The first-order valence-corrected chi connectivity index (χ1v) is 7.84. The largest absolute Gasteiger partial charge is 0.352 e. The van der Waals surface area contributed by atoms with Crippen molar-refractivity contribution >= 4 is 18.3 Å². The molecule has 4 nitrogen and oxygen atoms in total. The van der Waals surface area contributed by atoms with E-state index in [4.69, 9.17) is 5.73 Å². The van der Waals surface area contributed by atoms with Crippen molar-refractivity contribution in [3.63, 3.8) is 0 Å². The Morgan fingerprint density at radius 2 is 1.77 bits per heavy atom. The predicted octanol–water partition coefficient (Wildman–Crippen LogP) is 2.41. The number of halogens is 1.